The molecule has 4 heteroatoms. The highest BCUT2D eigenvalue weighted by atomic mass is 16.3. The van der Waals surface area contributed by atoms with Gasteiger partial charge < -0.3 is 10.2 Å². The van der Waals surface area contributed by atoms with Crippen LogP contribution < -0.4 is 0 Å². The van der Waals surface area contributed by atoms with Crippen LogP contribution >= 0.6 is 0 Å². The van der Waals surface area contributed by atoms with Crippen molar-refractivity contribution in [3.63, 3.8) is 0 Å². The Balaban J connectivity index is 1.61. The molecule has 0 fully saturated rings. The molecule has 0 saturated carbocycles. The summed E-state index contributed by atoms with van der Waals surface area (Å²) >= 11 is 0. The third-order valence-electron chi connectivity index (χ3n) is 5.64. The third kappa shape index (κ3) is 2.90. The molecule has 0 bridgehead atoms. The number of phenolic OH excluding ortho intramolecular Hbond substituents is 1. The summed E-state index contributed by atoms with van der Waals surface area (Å²) in [5, 5.41) is 33.0. The lowest BCUT2D eigenvalue weighted by atomic mass is 9.75. The molecule has 2 N–H and O–H groups in total. The maximum absolute atomic E-state index is 11.9. The zero-order chi connectivity index (χ0) is 20.6. The Hall–Kier alpha value is -3.76. The van der Waals surface area contributed by atoms with Crippen molar-refractivity contribution in [2.24, 2.45) is 10.2 Å². The maximum atomic E-state index is 11.9. The second-order valence-corrected chi connectivity index (χ2v) is 7.39. The standard InChI is InChI=1S/C26H20N2O2/c29-25-21-12-6-4-8-18(21)14-16-23(25)27-28-24-17-15-19-9-5-7-13-22(19)26(24,30)20-10-2-1-3-11-20/h1-17,24,29-30H. The van der Waals surface area contributed by atoms with E-state index < -0.39 is 11.6 Å². The topological polar surface area (TPSA) is 65.2 Å². The quantitative estimate of drug-likeness (QED) is 0.423. The number of rotatable bonds is 3. The van der Waals surface area contributed by atoms with Crippen LogP contribution in [0, 0.1) is 0 Å². The molecule has 2 unspecified atom stereocenters. The second-order valence-electron chi connectivity index (χ2n) is 7.39. The van der Waals surface area contributed by atoms with Gasteiger partial charge in [0, 0.05) is 5.39 Å². The van der Waals surface area contributed by atoms with Gasteiger partial charge in [-0.15, -0.1) is 0 Å². The van der Waals surface area contributed by atoms with Crippen LogP contribution in [-0.2, 0) is 5.60 Å². The highest BCUT2D eigenvalue weighted by Crippen LogP contribution is 2.42. The first-order valence-electron chi connectivity index (χ1n) is 9.85. The molecule has 4 aromatic carbocycles. The zero-order valence-corrected chi connectivity index (χ0v) is 16.2. The molecule has 0 heterocycles. The minimum atomic E-state index is -1.36. The van der Waals surface area contributed by atoms with Crippen molar-refractivity contribution >= 4 is 22.5 Å². The van der Waals surface area contributed by atoms with E-state index in [0.29, 0.717) is 5.69 Å². The third-order valence-corrected chi connectivity index (χ3v) is 5.64. The van der Waals surface area contributed by atoms with Crippen molar-refractivity contribution in [1.29, 1.82) is 0 Å². The second kappa shape index (κ2) is 7.25. The molecule has 0 radical (unpaired) electrons. The minimum Gasteiger partial charge on any atom is -0.505 e. The van der Waals surface area contributed by atoms with Crippen LogP contribution in [0.2, 0.25) is 0 Å². The van der Waals surface area contributed by atoms with Gasteiger partial charge in [-0.25, -0.2) is 0 Å². The highest BCUT2D eigenvalue weighted by Gasteiger charge is 2.42. The fourth-order valence-corrected chi connectivity index (χ4v) is 4.07. The lowest BCUT2D eigenvalue weighted by Gasteiger charge is -2.36. The molecule has 4 nitrogen and oxygen atoms in total. The van der Waals surface area contributed by atoms with Gasteiger partial charge >= 0.3 is 0 Å². The van der Waals surface area contributed by atoms with Gasteiger partial charge in [-0.3, -0.25) is 0 Å². The first kappa shape index (κ1) is 18.3. The van der Waals surface area contributed by atoms with E-state index in [0.717, 1.165) is 27.5 Å². The lowest BCUT2D eigenvalue weighted by molar-refractivity contribution is 0.0643. The number of azo groups is 1. The smallest absolute Gasteiger partial charge is 0.150 e. The Kier molecular flexibility index (Phi) is 4.42. The molecule has 5 rings (SSSR count). The molecule has 0 aromatic heterocycles. The highest BCUT2D eigenvalue weighted by molar-refractivity contribution is 5.92. The summed E-state index contributed by atoms with van der Waals surface area (Å²) in [7, 11) is 0. The van der Waals surface area contributed by atoms with E-state index in [1.807, 2.05) is 97.1 Å². The van der Waals surface area contributed by atoms with Crippen molar-refractivity contribution in [1.82, 2.24) is 0 Å². The van der Waals surface area contributed by atoms with E-state index in [9.17, 15) is 10.2 Å². The number of aromatic hydroxyl groups is 1. The van der Waals surface area contributed by atoms with Gasteiger partial charge in [0.15, 0.2) is 5.75 Å². The van der Waals surface area contributed by atoms with Gasteiger partial charge in [0.25, 0.3) is 0 Å². The first-order chi connectivity index (χ1) is 14.7. The Morgan fingerprint density at radius 2 is 1.50 bits per heavy atom. The average Bonchev–Trinajstić information content (AvgIpc) is 2.81. The Morgan fingerprint density at radius 1 is 0.767 bits per heavy atom. The van der Waals surface area contributed by atoms with E-state index >= 15 is 0 Å². The first-order valence-corrected chi connectivity index (χ1v) is 9.85. The summed E-state index contributed by atoms with van der Waals surface area (Å²) in [5.41, 5.74) is 1.49. The van der Waals surface area contributed by atoms with Crippen molar-refractivity contribution in [3.05, 3.63) is 114 Å². The maximum Gasteiger partial charge on any atom is 0.150 e. The van der Waals surface area contributed by atoms with Crippen LogP contribution in [0.25, 0.3) is 16.8 Å². The summed E-state index contributed by atoms with van der Waals surface area (Å²) in [5.74, 6) is 0.0836. The molecule has 2 atom stereocenters. The number of nitrogens with zero attached hydrogens (tertiary/aromatic N) is 2. The Labute approximate surface area is 174 Å². The van der Waals surface area contributed by atoms with Crippen molar-refractivity contribution in [2.45, 2.75) is 11.6 Å². The van der Waals surface area contributed by atoms with Gasteiger partial charge in [-0.05, 0) is 28.1 Å². The molecule has 0 saturated heterocycles. The van der Waals surface area contributed by atoms with E-state index in [-0.39, 0.29) is 5.75 Å². The molecule has 0 aliphatic heterocycles. The average molecular weight is 392 g/mol. The van der Waals surface area contributed by atoms with Crippen LogP contribution in [0.1, 0.15) is 16.7 Å². The number of hydrogen-bond acceptors (Lipinski definition) is 4. The van der Waals surface area contributed by atoms with E-state index in [1.165, 1.54) is 0 Å². The van der Waals surface area contributed by atoms with Crippen LogP contribution in [0.3, 0.4) is 0 Å². The summed E-state index contributed by atoms with van der Waals surface area (Å²) in [6.07, 6.45) is 3.81. The lowest BCUT2D eigenvalue weighted by Crippen LogP contribution is -2.40. The molecule has 30 heavy (non-hydrogen) atoms. The molecule has 1 aliphatic rings. The minimum absolute atomic E-state index is 0.0836. The number of phenols is 1. The normalized spacial score (nSPS) is 20.5. The predicted molar refractivity (Wildman–Crippen MR) is 119 cm³/mol. The predicted octanol–water partition coefficient (Wildman–Crippen LogP) is 5.96. The number of benzene rings is 4. The van der Waals surface area contributed by atoms with Gasteiger partial charge in [0.05, 0.1) is 0 Å². The largest absolute Gasteiger partial charge is 0.505 e. The van der Waals surface area contributed by atoms with Crippen LogP contribution in [0.4, 0.5) is 5.69 Å². The van der Waals surface area contributed by atoms with Gasteiger partial charge in [-0.2, -0.15) is 10.2 Å². The van der Waals surface area contributed by atoms with E-state index in [4.69, 9.17) is 0 Å². The van der Waals surface area contributed by atoms with Crippen molar-refractivity contribution < 1.29 is 10.2 Å². The Bertz CT molecular complexity index is 1280. The molecular formula is C26H20N2O2. The number of aliphatic hydroxyl groups is 1. The molecule has 146 valence electrons. The SMILES string of the molecule is Oc1c(N=NC2C=Cc3ccccc3C2(O)c2ccccc2)ccc2ccccc12. The van der Waals surface area contributed by atoms with E-state index in [1.54, 1.807) is 6.07 Å². The number of fused-ring (bicyclic) bond motifs is 2. The molecule has 0 amide bonds. The van der Waals surface area contributed by atoms with Crippen LogP contribution in [0.15, 0.2) is 107 Å². The van der Waals surface area contributed by atoms with Gasteiger partial charge in [0.1, 0.15) is 17.3 Å². The van der Waals surface area contributed by atoms with Gasteiger partial charge in [0.2, 0.25) is 0 Å². The monoisotopic (exact) mass is 392 g/mol. The zero-order valence-electron chi connectivity index (χ0n) is 16.2. The molecule has 1 aliphatic carbocycles. The fourth-order valence-electron chi connectivity index (χ4n) is 4.07. The van der Waals surface area contributed by atoms with Crippen LogP contribution in [-0.4, -0.2) is 16.3 Å². The van der Waals surface area contributed by atoms with Crippen LogP contribution in [0.5, 0.6) is 5.75 Å². The molecule has 4 aromatic rings. The fraction of sp³-hybridized carbons (Fsp3) is 0.0769. The summed E-state index contributed by atoms with van der Waals surface area (Å²) in [6.45, 7) is 0. The summed E-state index contributed by atoms with van der Waals surface area (Å²) < 4.78 is 0. The van der Waals surface area contributed by atoms with Crippen molar-refractivity contribution in [3.8, 4) is 5.75 Å². The van der Waals surface area contributed by atoms with Gasteiger partial charge in [-0.1, -0.05) is 97.1 Å². The molecule has 0 spiro atoms. The van der Waals surface area contributed by atoms with E-state index in [2.05, 4.69) is 10.2 Å². The summed E-state index contributed by atoms with van der Waals surface area (Å²) in [6, 6.07) is 27.8. The van der Waals surface area contributed by atoms with Crippen molar-refractivity contribution in [2.75, 3.05) is 0 Å². The summed E-state index contributed by atoms with van der Waals surface area (Å²) in [4.78, 5) is 0. The number of hydrogen-bond donors (Lipinski definition) is 2. The molecular weight excluding hydrogens is 372 g/mol. The Morgan fingerprint density at radius 3 is 2.37 bits per heavy atom.